The Bertz CT molecular complexity index is 842. The molecule has 3 rings (SSSR count). The molecule has 2 aromatic carbocycles. The number of fused-ring (bicyclic) bond motifs is 1. The van der Waals surface area contributed by atoms with Gasteiger partial charge in [-0.25, -0.2) is 0 Å². The molecule has 0 unspecified atom stereocenters. The highest BCUT2D eigenvalue weighted by molar-refractivity contribution is 6.03. The van der Waals surface area contributed by atoms with Crippen LogP contribution in [-0.2, 0) is 11.0 Å². The van der Waals surface area contributed by atoms with E-state index in [4.69, 9.17) is 9.47 Å². The van der Waals surface area contributed by atoms with Crippen LogP contribution in [0.25, 0.3) is 5.57 Å². The Morgan fingerprint density at radius 2 is 1.69 bits per heavy atom. The van der Waals surface area contributed by atoms with Crippen molar-refractivity contribution in [3.8, 4) is 11.5 Å². The van der Waals surface area contributed by atoms with Crippen molar-refractivity contribution in [2.45, 2.75) is 13.1 Å². The van der Waals surface area contributed by atoms with E-state index in [0.29, 0.717) is 41.5 Å². The number of rotatable bonds is 3. The first-order valence-corrected chi connectivity index (χ1v) is 7.89. The summed E-state index contributed by atoms with van der Waals surface area (Å²) in [6.07, 6.45) is -3.05. The predicted octanol–water partition coefficient (Wildman–Crippen LogP) is 4.52. The molecule has 0 aliphatic carbocycles. The lowest BCUT2D eigenvalue weighted by Crippen LogP contribution is -2.16. The van der Waals surface area contributed by atoms with Crippen LogP contribution in [0.15, 0.2) is 48.5 Å². The second-order valence-electron chi connectivity index (χ2n) is 5.75. The smallest absolute Gasteiger partial charge is 0.416 e. The minimum Gasteiger partial charge on any atom is -0.486 e. The lowest BCUT2D eigenvalue weighted by Gasteiger charge is -2.18. The maximum atomic E-state index is 12.6. The number of hydrogen-bond acceptors (Lipinski definition) is 3. The number of carbonyl (C=O) groups is 1. The Morgan fingerprint density at radius 1 is 1.04 bits per heavy atom. The maximum absolute atomic E-state index is 12.6. The van der Waals surface area contributed by atoms with Crippen molar-refractivity contribution in [1.82, 2.24) is 0 Å². The molecule has 4 nitrogen and oxygen atoms in total. The van der Waals surface area contributed by atoms with Crippen molar-refractivity contribution in [2.24, 2.45) is 0 Å². The summed E-state index contributed by atoms with van der Waals surface area (Å²) in [6, 6.07) is 9.71. The van der Waals surface area contributed by atoms with Gasteiger partial charge in [-0.3, -0.25) is 4.79 Å². The molecule has 0 saturated carbocycles. The zero-order valence-electron chi connectivity index (χ0n) is 13.9. The number of benzene rings is 2. The lowest BCUT2D eigenvalue weighted by atomic mass is 10.0. The summed E-state index contributed by atoms with van der Waals surface area (Å²) in [5, 5.41) is 2.70. The van der Waals surface area contributed by atoms with Crippen LogP contribution >= 0.6 is 0 Å². The second-order valence-corrected chi connectivity index (χ2v) is 5.75. The monoisotopic (exact) mass is 363 g/mol. The Labute approximate surface area is 148 Å². The molecule has 1 aliphatic rings. The molecule has 26 heavy (non-hydrogen) atoms. The highest BCUT2D eigenvalue weighted by Gasteiger charge is 2.29. The first-order chi connectivity index (χ1) is 12.3. The van der Waals surface area contributed by atoms with Crippen molar-refractivity contribution in [2.75, 3.05) is 18.5 Å². The summed E-state index contributed by atoms with van der Waals surface area (Å²) in [5.74, 6) is 0.780. The van der Waals surface area contributed by atoms with Crippen molar-refractivity contribution in [3.05, 3.63) is 59.7 Å². The van der Waals surface area contributed by atoms with Crippen molar-refractivity contribution in [3.63, 3.8) is 0 Å². The van der Waals surface area contributed by atoms with Crippen LogP contribution in [-0.4, -0.2) is 19.1 Å². The number of amides is 1. The van der Waals surface area contributed by atoms with Gasteiger partial charge >= 0.3 is 6.18 Å². The van der Waals surface area contributed by atoms with E-state index in [2.05, 4.69) is 5.32 Å². The number of alkyl halides is 3. The largest absolute Gasteiger partial charge is 0.486 e. The van der Waals surface area contributed by atoms with Crippen LogP contribution in [0, 0.1) is 0 Å². The maximum Gasteiger partial charge on any atom is 0.416 e. The second kappa shape index (κ2) is 7.11. The number of halogens is 3. The zero-order valence-corrected chi connectivity index (χ0v) is 13.9. The number of carbonyl (C=O) groups excluding carboxylic acids is 1. The molecule has 1 aliphatic heterocycles. The summed E-state index contributed by atoms with van der Waals surface area (Å²) in [5.41, 5.74) is 0.898. The fourth-order valence-electron chi connectivity index (χ4n) is 2.50. The molecule has 0 saturated heterocycles. The molecule has 0 aromatic heterocycles. The van der Waals surface area contributed by atoms with Crippen LogP contribution in [0.3, 0.4) is 0 Å². The van der Waals surface area contributed by atoms with Gasteiger partial charge in [0.25, 0.3) is 0 Å². The molecule has 1 heterocycles. The van der Waals surface area contributed by atoms with Gasteiger partial charge in [-0.1, -0.05) is 12.1 Å². The zero-order chi connectivity index (χ0) is 18.7. The Hall–Kier alpha value is -2.96. The molecule has 2 aromatic rings. The van der Waals surface area contributed by atoms with Crippen molar-refractivity contribution >= 4 is 17.2 Å². The van der Waals surface area contributed by atoms with Crippen molar-refractivity contribution < 1.29 is 27.4 Å². The van der Waals surface area contributed by atoms with Gasteiger partial charge in [-0.05, 0) is 42.3 Å². The van der Waals surface area contributed by atoms with E-state index >= 15 is 0 Å². The standard InChI is InChI=1S/C19H16F3NO3/c1-12(13-2-4-14(5-3-13)19(20,21)22)10-18(24)23-15-6-7-16-17(11-15)26-9-8-25-16/h2-7,10-11H,8-9H2,1H3,(H,23,24)/b12-10+. The van der Waals surface area contributed by atoms with E-state index in [1.165, 1.54) is 18.2 Å². The number of hydrogen-bond donors (Lipinski definition) is 1. The number of nitrogens with one attached hydrogen (secondary N) is 1. The van der Waals surface area contributed by atoms with Crippen LogP contribution in [0.5, 0.6) is 11.5 Å². The van der Waals surface area contributed by atoms with Crippen molar-refractivity contribution in [1.29, 1.82) is 0 Å². The highest BCUT2D eigenvalue weighted by atomic mass is 19.4. The SMILES string of the molecule is C/C(=C\C(=O)Nc1ccc2c(c1)OCCO2)c1ccc(C(F)(F)F)cc1. The van der Waals surface area contributed by atoms with E-state index in [-0.39, 0.29) is 5.91 Å². The first kappa shape index (κ1) is 17.8. The third-order valence-electron chi connectivity index (χ3n) is 3.82. The normalized spacial score (nSPS) is 14.1. The average molecular weight is 363 g/mol. The highest BCUT2D eigenvalue weighted by Crippen LogP contribution is 2.33. The minimum absolute atomic E-state index is 0.390. The van der Waals surface area contributed by atoms with Crippen LogP contribution in [0.1, 0.15) is 18.1 Å². The van der Waals surface area contributed by atoms with Crippen LogP contribution in [0.2, 0.25) is 0 Å². The van der Waals surface area contributed by atoms with Gasteiger partial charge in [-0.2, -0.15) is 13.2 Å². The molecule has 1 amide bonds. The van der Waals surface area contributed by atoms with Gasteiger partial charge in [0, 0.05) is 17.8 Å². The predicted molar refractivity (Wildman–Crippen MR) is 91.2 cm³/mol. The van der Waals surface area contributed by atoms with Gasteiger partial charge < -0.3 is 14.8 Å². The summed E-state index contributed by atoms with van der Waals surface area (Å²) >= 11 is 0. The number of anilines is 1. The Balaban J connectivity index is 1.70. The van der Waals surface area contributed by atoms with Gasteiger partial charge in [-0.15, -0.1) is 0 Å². The molecule has 7 heteroatoms. The fraction of sp³-hybridized carbons (Fsp3) is 0.211. The summed E-state index contributed by atoms with van der Waals surface area (Å²) < 4.78 is 48.6. The van der Waals surface area contributed by atoms with E-state index < -0.39 is 11.7 Å². The molecule has 0 radical (unpaired) electrons. The average Bonchev–Trinajstić information content (AvgIpc) is 2.61. The Morgan fingerprint density at radius 3 is 2.35 bits per heavy atom. The molecule has 0 atom stereocenters. The van der Waals surface area contributed by atoms with Gasteiger partial charge in [0.05, 0.1) is 5.56 Å². The van der Waals surface area contributed by atoms with Crippen LogP contribution in [0.4, 0.5) is 18.9 Å². The van der Waals surface area contributed by atoms with Gasteiger partial charge in [0.15, 0.2) is 11.5 Å². The van der Waals surface area contributed by atoms with Crippen LogP contribution < -0.4 is 14.8 Å². The quantitative estimate of drug-likeness (QED) is 0.816. The minimum atomic E-state index is -4.38. The fourth-order valence-corrected chi connectivity index (χ4v) is 2.50. The summed E-state index contributed by atoms with van der Waals surface area (Å²) in [6.45, 7) is 2.58. The molecular weight excluding hydrogens is 347 g/mol. The summed E-state index contributed by atoms with van der Waals surface area (Å²) in [4.78, 5) is 12.2. The van der Waals surface area contributed by atoms with E-state index in [1.807, 2.05) is 0 Å². The topological polar surface area (TPSA) is 47.6 Å². The third-order valence-corrected chi connectivity index (χ3v) is 3.82. The number of allylic oxidation sites excluding steroid dienone is 1. The third kappa shape index (κ3) is 4.17. The Kier molecular flexibility index (Phi) is 4.88. The first-order valence-electron chi connectivity index (χ1n) is 7.89. The molecule has 136 valence electrons. The van der Waals surface area contributed by atoms with Gasteiger partial charge in [0.1, 0.15) is 13.2 Å². The molecular formula is C19H16F3NO3. The lowest BCUT2D eigenvalue weighted by molar-refractivity contribution is -0.137. The molecule has 0 bridgehead atoms. The summed E-state index contributed by atoms with van der Waals surface area (Å²) in [7, 11) is 0. The number of ether oxygens (including phenoxy) is 2. The van der Waals surface area contributed by atoms with E-state index in [1.54, 1.807) is 25.1 Å². The van der Waals surface area contributed by atoms with E-state index in [0.717, 1.165) is 12.1 Å². The van der Waals surface area contributed by atoms with E-state index in [9.17, 15) is 18.0 Å². The molecule has 0 fully saturated rings. The van der Waals surface area contributed by atoms with Gasteiger partial charge in [0.2, 0.25) is 5.91 Å². The molecule has 0 spiro atoms. The molecule has 1 N–H and O–H groups in total.